The molecule has 4 nitrogen and oxygen atoms in total. The van der Waals surface area contributed by atoms with Crippen molar-refractivity contribution in [3.8, 4) is 0 Å². The van der Waals surface area contributed by atoms with Crippen molar-refractivity contribution in [1.29, 1.82) is 0 Å². The van der Waals surface area contributed by atoms with Crippen LogP contribution in [0.4, 0.5) is 26.3 Å². The van der Waals surface area contributed by atoms with Gasteiger partial charge in [0, 0.05) is 6.42 Å². The summed E-state index contributed by atoms with van der Waals surface area (Å²) in [6.07, 6.45) is -12.6. The molecule has 0 spiro atoms. The van der Waals surface area contributed by atoms with Crippen LogP contribution < -0.4 is 0 Å². The smallest absolute Gasteiger partial charge is 0.419 e. The molecule has 2 aliphatic rings. The van der Waals surface area contributed by atoms with Crippen molar-refractivity contribution in [2.75, 3.05) is 0 Å². The highest BCUT2D eigenvalue weighted by atomic mass is 19.4. The molecule has 19 heavy (non-hydrogen) atoms. The number of alkyl halides is 6. The second-order valence-electron chi connectivity index (χ2n) is 4.23. The summed E-state index contributed by atoms with van der Waals surface area (Å²) in [7, 11) is 0. The Bertz CT molecular complexity index is 415. The van der Waals surface area contributed by atoms with Gasteiger partial charge >= 0.3 is 24.0 Å². The maximum absolute atomic E-state index is 12.8. The number of carbonyl (C=O) groups is 2. The molecule has 0 saturated carbocycles. The van der Waals surface area contributed by atoms with Crippen molar-refractivity contribution in [2.24, 2.45) is 0 Å². The lowest BCUT2D eigenvalue weighted by Crippen LogP contribution is -2.68. The average Bonchev–Trinajstić information content (AvgIpc) is 2.53. The molecular formula is C9H7F6NO3. The molecule has 0 aromatic carbocycles. The molecule has 10 heteroatoms. The molecule has 2 aliphatic heterocycles. The van der Waals surface area contributed by atoms with E-state index in [9.17, 15) is 35.9 Å². The second kappa shape index (κ2) is 3.76. The van der Waals surface area contributed by atoms with Crippen LogP contribution in [0.5, 0.6) is 0 Å². The summed E-state index contributed by atoms with van der Waals surface area (Å²) >= 11 is 0. The monoisotopic (exact) mass is 291 g/mol. The number of esters is 1. The summed E-state index contributed by atoms with van der Waals surface area (Å²) in [6, 6.07) is -1.83. The van der Waals surface area contributed by atoms with Gasteiger partial charge in [0.1, 0.15) is 6.04 Å². The van der Waals surface area contributed by atoms with Crippen molar-refractivity contribution in [3.05, 3.63) is 0 Å². The van der Waals surface area contributed by atoms with Crippen molar-refractivity contribution >= 4 is 11.9 Å². The maximum atomic E-state index is 12.8. The van der Waals surface area contributed by atoms with Crippen LogP contribution in [0, 0.1) is 0 Å². The molecule has 0 unspecified atom stereocenters. The van der Waals surface area contributed by atoms with Gasteiger partial charge in [0.25, 0.3) is 0 Å². The molecule has 0 aromatic rings. The molecule has 2 heterocycles. The number of hydrogen-bond acceptors (Lipinski definition) is 3. The van der Waals surface area contributed by atoms with Crippen molar-refractivity contribution in [1.82, 2.24) is 4.90 Å². The predicted octanol–water partition coefficient (Wildman–Crippen LogP) is 1.75. The second-order valence-corrected chi connectivity index (χ2v) is 4.23. The lowest BCUT2D eigenvalue weighted by molar-refractivity contribution is -0.396. The topological polar surface area (TPSA) is 46.6 Å². The number of nitrogens with zero attached hydrogens (tertiary/aromatic N) is 1. The third-order valence-electron chi connectivity index (χ3n) is 3.08. The first kappa shape index (κ1) is 13.9. The SMILES string of the molecule is O=C1OC(C(F)(F)F)(C(F)(F)F)N2C(=O)CCC[C@@H]12. The Balaban J connectivity index is 2.61. The Morgan fingerprint density at radius 2 is 1.63 bits per heavy atom. The van der Waals surface area contributed by atoms with Crippen LogP contribution in [0.2, 0.25) is 0 Å². The standard InChI is InChI=1S/C9H7F6NO3/c10-8(11,12)7(9(13,14)15)16-4(6(18)19-7)2-1-3-5(16)17/h4H,1-3H2/t4-/m0/s1. The van der Waals surface area contributed by atoms with Crippen molar-refractivity contribution in [3.63, 3.8) is 0 Å². The average molecular weight is 291 g/mol. The molecule has 2 saturated heterocycles. The van der Waals surface area contributed by atoms with Gasteiger partial charge < -0.3 is 4.74 Å². The van der Waals surface area contributed by atoms with E-state index in [2.05, 4.69) is 4.74 Å². The van der Waals surface area contributed by atoms with Gasteiger partial charge in [0.2, 0.25) is 5.91 Å². The highest BCUT2D eigenvalue weighted by Crippen LogP contribution is 2.53. The van der Waals surface area contributed by atoms with E-state index in [1.165, 1.54) is 0 Å². The van der Waals surface area contributed by atoms with Gasteiger partial charge in [0.05, 0.1) is 0 Å². The fraction of sp³-hybridized carbons (Fsp3) is 0.778. The molecule has 0 aromatic heterocycles. The van der Waals surface area contributed by atoms with E-state index >= 15 is 0 Å². The first-order chi connectivity index (χ1) is 8.52. The maximum Gasteiger partial charge on any atom is 0.458 e. The zero-order chi connectivity index (χ0) is 14.6. The number of carbonyl (C=O) groups excluding carboxylic acids is 2. The van der Waals surface area contributed by atoms with Gasteiger partial charge in [-0.15, -0.1) is 0 Å². The third kappa shape index (κ3) is 1.68. The highest BCUT2D eigenvalue weighted by Gasteiger charge is 2.83. The molecule has 0 aliphatic carbocycles. The minimum Gasteiger partial charge on any atom is -0.419 e. The van der Waals surface area contributed by atoms with Crippen LogP contribution >= 0.6 is 0 Å². The summed E-state index contributed by atoms with van der Waals surface area (Å²) in [5.41, 5.74) is -4.86. The predicted molar refractivity (Wildman–Crippen MR) is 45.4 cm³/mol. The Morgan fingerprint density at radius 3 is 2.11 bits per heavy atom. The first-order valence-electron chi connectivity index (χ1n) is 5.21. The number of cyclic esters (lactones) is 1. The largest absolute Gasteiger partial charge is 0.458 e. The van der Waals surface area contributed by atoms with Crippen LogP contribution in [0.25, 0.3) is 0 Å². The van der Waals surface area contributed by atoms with Crippen LogP contribution in [-0.2, 0) is 14.3 Å². The first-order valence-corrected chi connectivity index (χ1v) is 5.21. The molecule has 0 N–H and O–H groups in total. The van der Waals surface area contributed by atoms with E-state index in [-0.39, 0.29) is 12.8 Å². The molecule has 108 valence electrons. The Hall–Kier alpha value is -1.48. The molecular weight excluding hydrogens is 284 g/mol. The lowest BCUT2D eigenvalue weighted by atomic mass is 9.99. The van der Waals surface area contributed by atoms with Gasteiger partial charge in [-0.1, -0.05) is 0 Å². The minimum atomic E-state index is -5.96. The molecule has 0 radical (unpaired) electrons. The Kier molecular flexibility index (Phi) is 2.76. The normalized spacial score (nSPS) is 27.3. The van der Waals surface area contributed by atoms with Crippen LogP contribution in [0.1, 0.15) is 19.3 Å². The van der Waals surface area contributed by atoms with Gasteiger partial charge in [-0.05, 0) is 12.8 Å². The number of rotatable bonds is 0. The lowest BCUT2D eigenvalue weighted by Gasteiger charge is -2.40. The fourth-order valence-electron chi connectivity index (χ4n) is 2.30. The van der Waals surface area contributed by atoms with Crippen LogP contribution in [-0.4, -0.2) is 40.9 Å². The van der Waals surface area contributed by atoms with Crippen LogP contribution in [0.15, 0.2) is 0 Å². The van der Waals surface area contributed by atoms with Gasteiger partial charge in [-0.25, -0.2) is 4.79 Å². The van der Waals surface area contributed by atoms with E-state index in [1.807, 2.05) is 0 Å². The summed E-state index contributed by atoms with van der Waals surface area (Å²) in [5, 5.41) is 0. The molecule has 1 amide bonds. The van der Waals surface area contributed by atoms with E-state index in [0.29, 0.717) is 0 Å². The number of halogens is 6. The summed E-state index contributed by atoms with van der Waals surface area (Å²) in [4.78, 5) is 22.2. The van der Waals surface area contributed by atoms with E-state index in [4.69, 9.17) is 0 Å². The zero-order valence-corrected chi connectivity index (χ0v) is 9.14. The summed E-state index contributed by atoms with van der Waals surface area (Å²) in [6.45, 7) is 0. The number of fused-ring (bicyclic) bond motifs is 1. The van der Waals surface area contributed by atoms with Crippen molar-refractivity contribution < 1.29 is 40.7 Å². The van der Waals surface area contributed by atoms with E-state index in [0.717, 1.165) is 0 Å². The number of hydrogen-bond donors (Lipinski definition) is 0. The van der Waals surface area contributed by atoms with Crippen LogP contribution in [0.3, 0.4) is 0 Å². The summed E-state index contributed by atoms with van der Waals surface area (Å²) < 4.78 is 80.6. The van der Waals surface area contributed by atoms with E-state index in [1.54, 1.807) is 0 Å². The van der Waals surface area contributed by atoms with E-state index < -0.39 is 47.3 Å². The quantitative estimate of drug-likeness (QED) is 0.504. The molecule has 1 atom stereocenters. The number of ether oxygens (including phenoxy) is 1. The summed E-state index contributed by atoms with van der Waals surface area (Å²) in [5.74, 6) is -3.07. The Morgan fingerprint density at radius 1 is 1.11 bits per heavy atom. The fourth-order valence-corrected chi connectivity index (χ4v) is 2.30. The third-order valence-corrected chi connectivity index (χ3v) is 3.08. The molecule has 2 fully saturated rings. The number of amides is 1. The molecule has 0 bridgehead atoms. The van der Waals surface area contributed by atoms with Crippen molar-refractivity contribution in [2.45, 2.75) is 43.4 Å². The minimum absolute atomic E-state index is 0.0426. The Labute approximate surface area is 102 Å². The van der Waals surface area contributed by atoms with Gasteiger partial charge in [-0.3, -0.25) is 9.69 Å². The highest BCUT2D eigenvalue weighted by molar-refractivity contribution is 5.89. The molecule has 2 rings (SSSR count). The zero-order valence-electron chi connectivity index (χ0n) is 9.14. The van der Waals surface area contributed by atoms with Gasteiger partial charge in [-0.2, -0.15) is 26.3 Å². The van der Waals surface area contributed by atoms with Gasteiger partial charge in [0.15, 0.2) is 0 Å². The number of piperidine rings is 1.